The second-order valence-electron chi connectivity index (χ2n) is 6.66. The number of nitrogens with zero attached hydrogens (tertiary/aromatic N) is 1. The van der Waals surface area contributed by atoms with Crippen molar-refractivity contribution in [3.05, 3.63) is 65.2 Å². The van der Waals surface area contributed by atoms with E-state index in [1.807, 2.05) is 18.2 Å². The molecule has 4 nitrogen and oxygen atoms in total. The summed E-state index contributed by atoms with van der Waals surface area (Å²) in [5.41, 5.74) is 2.40. The summed E-state index contributed by atoms with van der Waals surface area (Å²) in [7, 11) is 1.66. The van der Waals surface area contributed by atoms with E-state index in [1.54, 1.807) is 13.2 Å². The van der Waals surface area contributed by atoms with Gasteiger partial charge in [0.2, 0.25) is 0 Å². The van der Waals surface area contributed by atoms with E-state index in [-0.39, 0.29) is 11.5 Å². The van der Waals surface area contributed by atoms with Gasteiger partial charge < -0.3 is 9.47 Å². The van der Waals surface area contributed by atoms with Crippen LogP contribution in [0, 0.1) is 0 Å². The molecule has 2 aromatic rings. The number of alkyl halides is 2. The minimum absolute atomic E-state index is 0.0252. The van der Waals surface area contributed by atoms with Crippen molar-refractivity contribution in [1.82, 2.24) is 4.90 Å². The zero-order valence-corrected chi connectivity index (χ0v) is 15.7. The highest BCUT2D eigenvalue weighted by Crippen LogP contribution is 2.24. The molecule has 0 atom stereocenters. The molecule has 1 fully saturated rings. The van der Waals surface area contributed by atoms with Gasteiger partial charge in [0.25, 0.3) is 0 Å². The van der Waals surface area contributed by atoms with Crippen LogP contribution < -0.4 is 9.47 Å². The Morgan fingerprint density at radius 3 is 2.50 bits per heavy atom. The molecule has 0 saturated carbocycles. The van der Waals surface area contributed by atoms with E-state index in [1.165, 1.54) is 43.2 Å². The SMILES string of the molecule is COc1ccc(/C=C/C(=O)c2ccc(OC(F)F)cc2)cc1CN1CCCC1. The van der Waals surface area contributed by atoms with Gasteiger partial charge in [0.05, 0.1) is 7.11 Å². The Morgan fingerprint density at radius 2 is 1.86 bits per heavy atom. The molecule has 0 spiro atoms. The van der Waals surface area contributed by atoms with Crippen LogP contribution >= 0.6 is 0 Å². The van der Waals surface area contributed by atoms with Crippen LogP contribution in [0.4, 0.5) is 8.78 Å². The lowest BCUT2D eigenvalue weighted by atomic mass is 10.1. The van der Waals surface area contributed by atoms with Crippen molar-refractivity contribution < 1.29 is 23.0 Å². The maximum absolute atomic E-state index is 12.3. The van der Waals surface area contributed by atoms with Crippen molar-refractivity contribution in [3.63, 3.8) is 0 Å². The van der Waals surface area contributed by atoms with E-state index in [9.17, 15) is 13.6 Å². The van der Waals surface area contributed by atoms with Gasteiger partial charge in [0.1, 0.15) is 11.5 Å². The Balaban J connectivity index is 1.69. The van der Waals surface area contributed by atoms with Gasteiger partial charge in [-0.15, -0.1) is 0 Å². The van der Waals surface area contributed by atoms with Crippen LogP contribution in [-0.4, -0.2) is 37.5 Å². The molecule has 0 N–H and O–H groups in total. The minimum Gasteiger partial charge on any atom is -0.496 e. The molecule has 0 amide bonds. The molecule has 1 aliphatic heterocycles. The summed E-state index contributed by atoms with van der Waals surface area (Å²) in [6.07, 6.45) is 5.67. The second-order valence-corrected chi connectivity index (χ2v) is 6.66. The van der Waals surface area contributed by atoms with Gasteiger partial charge in [-0.05, 0) is 74.0 Å². The first kappa shape index (κ1) is 20.0. The van der Waals surface area contributed by atoms with Crippen molar-refractivity contribution in [2.75, 3.05) is 20.2 Å². The third-order valence-corrected chi connectivity index (χ3v) is 4.69. The summed E-state index contributed by atoms with van der Waals surface area (Å²) in [4.78, 5) is 14.7. The van der Waals surface area contributed by atoms with Gasteiger partial charge >= 0.3 is 6.61 Å². The average Bonchev–Trinajstić information content (AvgIpc) is 3.19. The number of rotatable bonds is 8. The number of methoxy groups -OCH3 is 1. The fourth-order valence-corrected chi connectivity index (χ4v) is 3.28. The zero-order chi connectivity index (χ0) is 19.9. The van der Waals surface area contributed by atoms with Crippen molar-refractivity contribution in [2.24, 2.45) is 0 Å². The molecule has 0 bridgehead atoms. The van der Waals surface area contributed by atoms with Crippen LogP contribution in [0.15, 0.2) is 48.5 Å². The largest absolute Gasteiger partial charge is 0.496 e. The summed E-state index contributed by atoms with van der Waals surface area (Å²) >= 11 is 0. The first-order valence-electron chi connectivity index (χ1n) is 9.22. The molecular formula is C22H23F2NO3. The molecule has 1 aliphatic rings. The van der Waals surface area contributed by atoms with Gasteiger partial charge in [-0.3, -0.25) is 9.69 Å². The summed E-state index contributed by atoms with van der Waals surface area (Å²) in [6.45, 7) is 0.121. The maximum Gasteiger partial charge on any atom is 0.387 e. The van der Waals surface area contributed by atoms with Crippen LogP contribution in [0.2, 0.25) is 0 Å². The second kappa shape index (κ2) is 9.46. The molecule has 1 heterocycles. The van der Waals surface area contributed by atoms with E-state index in [4.69, 9.17) is 4.74 Å². The first-order chi connectivity index (χ1) is 13.5. The number of carbonyl (C=O) groups excluding carboxylic acids is 1. The number of likely N-dealkylation sites (tertiary alicyclic amines) is 1. The number of benzene rings is 2. The van der Waals surface area contributed by atoms with E-state index in [2.05, 4.69) is 9.64 Å². The van der Waals surface area contributed by atoms with Crippen LogP contribution in [0.25, 0.3) is 6.08 Å². The number of ether oxygens (including phenoxy) is 2. The number of ketones is 1. The third kappa shape index (κ3) is 5.39. The van der Waals surface area contributed by atoms with Crippen molar-refractivity contribution >= 4 is 11.9 Å². The Kier molecular flexibility index (Phi) is 6.76. The lowest BCUT2D eigenvalue weighted by Crippen LogP contribution is -2.18. The zero-order valence-electron chi connectivity index (χ0n) is 15.7. The topological polar surface area (TPSA) is 38.8 Å². The molecular weight excluding hydrogens is 364 g/mol. The molecule has 28 heavy (non-hydrogen) atoms. The molecule has 1 saturated heterocycles. The molecule has 0 radical (unpaired) electrons. The number of hydrogen-bond acceptors (Lipinski definition) is 4. The molecule has 148 valence electrons. The lowest BCUT2D eigenvalue weighted by molar-refractivity contribution is -0.0498. The highest BCUT2D eigenvalue weighted by atomic mass is 19.3. The van der Waals surface area contributed by atoms with E-state index >= 15 is 0 Å². The summed E-state index contributed by atoms with van der Waals surface area (Å²) in [5.74, 6) is 0.655. The monoisotopic (exact) mass is 387 g/mol. The van der Waals surface area contributed by atoms with Crippen LogP contribution in [0.3, 0.4) is 0 Å². The van der Waals surface area contributed by atoms with E-state index < -0.39 is 6.61 Å². The average molecular weight is 387 g/mol. The van der Waals surface area contributed by atoms with Gasteiger partial charge in [-0.2, -0.15) is 8.78 Å². The van der Waals surface area contributed by atoms with Gasteiger partial charge in [0.15, 0.2) is 5.78 Å². The summed E-state index contributed by atoms with van der Waals surface area (Å²) < 4.78 is 34.1. The molecule has 2 aromatic carbocycles. The number of carbonyl (C=O) groups is 1. The summed E-state index contributed by atoms with van der Waals surface area (Å²) in [5, 5.41) is 0. The Hall–Kier alpha value is -2.73. The van der Waals surface area contributed by atoms with E-state index in [0.717, 1.165) is 36.5 Å². The lowest BCUT2D eigenvalue weighted by Gasteiger charge is -2.17. The summed E-state index contributed by atoms with van der Waals surface area (Å²) in [6, 6.07) is 11.5. The molecule has 0 aliphatic carbocycles. The highest BCUT2D eigenvalue weighted by Gasteiger charge is 2.14. The molecule has 0 aromatic heterocycles. The number of allylic oxidation sites excluding steroid dienone is 1. The normalized spacial score (nSPS) is 14.7. The van der Waals surface area contributed by atoms with Gasteiger partial charge in [-0.25, -0.2) is 0 Å². The van der Waals surface area contributed by atoms with Crippen molar-refractivity contribution in [2.45, 2.75) is 26.0 Å². The Morgan fingerprint density at radius 1 is 1.14 bits per heavy atom. The fraction of sp³-hybridized carbons (Fsp3) is 0.318. The Labute approximate surface area is 163 Å². The number of hydrogen-bond donors (Lipinski definition) is 0. The van der Waals surface area contributed by atoms with Crippen LogP contribution in [0.1, 0.15) is 34.3 Å². The van der Waals surface area contributed by atoms with Crippen LogP contribution in [-0.2, 0) is 6.54 Å². The number of halogens is 2. The smallest absolute Gasteiger partial charge is 0.387 e. The standard InChI is InChI=1S/C22H23F2NO3/c1-27-21-11-5-16(14-18(21)15-25-12-2-3-13-25)4-10-20(26)17-6-8-19(9-7-17)28-22(23)24/h4-11,14,22H,2-3,12-13,15H2,1H3/b10-4+. The third-order valence-electron chi connectivity index (χ3n) is 4.69. The Bertz CT molecular complexity index is 828. The molecule has 0 unspecified atom stereocenters. The first-order valence-corrected chi connectivity index (χ1v) is 9.22. The maximum atomic E-state index is 12.3. The quantitative estimate of drug-likeness (QED) is 0.482. The molecule has 6 heteroatoms. The predicted octanol–water partition coefficient (Wildman–Crippen LogP) is 4.79. The minimum atomic E-state index is -2.88. The van der Waals surface area contributed by atoms with Gasteiger partial charge in [-0.1, -0.05) is 12.1 Å². The fourth-order valence-electron chi connectivity index (χ4n) is 3.28. The highest BCUT2D eigenvalue weighted by molar-refractivity contribution is 6.06. The molecule has 3 rings (SSSR count). The van der Waals surface area contributed by atoms with Crippen LogP contribution in [0.5, 0.6) is 11.5 Å². The van der Waals surface area contributed by atoms with Crippen molar-refractivity contribution in [3.8, 4) is 11.5 Å². The van der Waals surface area contributed by atoms with Crippen molar-refractivity contribution in [1.29, 1.82) is 0 Å². The predicted molar refractivity (Wildman–Crippen MR) is 104 cm³/mol. The van der Waals surface area contributed by atoms with Gasteiger partial charge in [0, 0.05) is 17.7 Å². The van der Waals surface area contributed by atoms with E-state index in [0.29, 0.717) is 5.56 Å².